The molecule has 0 aliphatic heterocycles. The van der Waals surface area contributed by atoms with E-state index in [0.717, 1.165) is 19.6 Å². The summed E-state index contributed by atoms with van der Waals surface area (Å²) < 4.78 is 0. The number of nitrogens with zero attached hydrogens (tertiary/aromatic N) is 1. The topological polar surface area (TPSA) is 29.3 Å². The van der Waals surface area contributed by atoms with Gasteiger partial charge in [-0.3, -0.25) is 4.90 Å². The number of hydrogen-bond acceptors (Lipinski definition) is 2. The molecule has 2 N–H and O–H groups in total. The van der Waals surface area contributed by atoms with Gasteiger partial charge in [0, 0.05) is 18.6 Å². The van der Waals surface area contributed by atoms with Crippen LogP contribution in [0.2, 0.25) is 0 Å². The first-order valence-corrected chi connectivity index (χ1v) is 5.83. The molecule has 0 aliphatic carbocycles. The minimum absolute atomic E-state index is 0.152. The molecule has 14 heavy (non-hydrogen) atoms. The molecule has 0 aromatic heterocycles. The van der Waals surface area contributed by atoms with Gasteiger partial charge in [0.2, 0.25) is 0 Å². The molecule has 0 bridgehead atoms. The molecule has 0 aromatic carbocycles. The van der Waals surface area contributed by atoms with E-state index >= 15 is 0 Å². The smallest absolute Gasteiger partial charge is 0.0326 e. The highest BCUT2D eigenvalue weighted by Gasteiger charge is 2.32. The maximum absolute atomic E-state index is 5.92. The Morgan fingerprint density at radius 2 is 1.71 bits per heavy atom. The first kappa shape index (κ1) is 13.9. The van der Waals surface area contributed by atoms with Crippen molar-refractivity contribution in [2.24, 2.45) is 17.6 Å². The first-order valence-electron chi connectivity index (χ1n) is 5.83. The Labute approximate surface area is 89.9 Å². The van der Waals surface area contributed by atoms with Gasteiger partial charge in [-0.05, 0) is 25.3 Å². The van der Waals surface area contributed by atoms with Gasteiger partial charge in [-0.25, -0.2) is 0 Å². The van der Waals surface area contributed by atoms with Crippen molar-refractivity contribution in [2.75, 3.05) is 19.6 Å². The summed E-state index contributed by atoms with van der Waals surface area (Å²) in [6.45, 7) is 16.5. The fraction of sp³-hybridized carbons (Fsp3) is 1.00. The summed E-state index contributed by atoms with van der Waals surface area (Å²) in [5, 5.41) is 0. The monoisotopic (exact) mass is 200 g/mol. The molecule has 0 saturated heterocycles. The van der Waals surface area contributed by atoms with E-state index < -0.39 is 0 Å². The van der Waals surface area contributed by atoms with Crippen LogP contribution in [0.5, 0.6) is 0 Å². The predicted molar refractivity (Wildman–Crippen MR) is 64.4 cm³/mol. The second-order valence-corrected chi connectivity index (χ2v) is 5.15. The van der Waals surface area contributed by atoms with Gasteiger partial charge in [0.25, 0.3) is 0 Å². The van der Waals surface area contributed by atoms with Gasteiger partial charge in [0.15, 0.2) is 0 Å². The third kappa shape index (κ3) is 3.25. The highest BCUT2D eigenvalue weighted by Crippen LogP contribution is 2.24. The summed E-state index contributed by atoms with van der Waals surface area (Å²) in [6, 6.07) is 0. The van der Waals surface area contributed by atoms with Crippen LogP contribution in [0.4, 0.5) is 0 Å². The molecular weight excluding hydrogens is 172 g/mol. The predicted octanol–water partition coefficient (Wildman–Crippen LogP) is 2.34. The van der Waals surface area contributed by atoms with E-state index in [2.05, 4.69) is 46.4 Å². The number of nitrogens with two attached hydrogens (primary N) is 1. The molecule has 0 saturated carbocycles. The van der Waals surface area contributed by atoms with Gasteiger partial charge < -0.3 is 5.73 Å². The average Bonchev–Trinajstić information content (AvgIpc) is 2.12. The lowest BCUT2D eigenvalue weighted by Crippen LogP contribution is -2.56. The number of likely N-dealkylation sites (N-methyl/N-ethyl adjacent to an activating group) is 1. The van der Waals surface area contributed by atoms with Gasteiger partial charge in [0.1, 0.15) is 0 Å². The molecule has 0 rings (SSSR count). The fourth-order valence-corrected chi connectivity index (χ4v) is 1.87. The fourth-order valence-electron chi connectivity index (χ4n) is 1.87. The van der Waals surface area contributed by atoms with Crippen molar-refractivity contribution in [1.82, 2.24) is 4.90 Å². The van der Waals surface area contributed by atoms with Gasteiger partial charge >= 0.3 is 0 Å². The summed E-state index contributed by atoms with van der Waals surface area (Å²) in [7, 11) is 0. The minimum Gasteiger partial charge on any atom is -0.329 e. The lowest BCUT2D eigenvalue weighted by Gasteiger charge is -2.44. The molecule has 2 heteroatoms. The Morgan fingerprint density at radius 1 is 1.21 bits per heavy atom. The van der Waals surface area contributed by atoms with E-state index in [1.165, 1.54) is 0 Å². The van der Waals surface area contributed by atoms with Gasteiger partial charge in [-0.2, -0.15) is 0 Å². The van der Waals surface area contributed by atoms with E-state index in [4.69, 9.17) is 5.73 Å². The highest BCUT2D eigenvalue weighted by atomic mass is 15.2. The Balaban J connectivity index is 4.59. The van der Waals surface area contributed by atoms with Gasteiger partial charge in [-0.15, -0.1) is 0 Å². The molecule has 0 amide bonds. The third-order valence-electron chi connectivity index (χ3n) is 3.35. The van der Waals surface area contributed by atoms with E-state index in [1.807, 2.05) is 0 Å². The number of rotatable bonds is 6. The standard InChI is InChI=1S/C12H28N2/c1-7-14(8-10(2)3)12(6,9-13)11(4)5/h10-11H,7-9,13H2,1-6H3. The molecule has 0 aromatic rings. The SMILES string of the molecule is CCN(CC(C)C)C(C)(CN)C(C)C. The van der Waals surface area contributed by atoms with Crippen LogP contribution < -0.4 is 5.73 Å². The molecule has 1 atom stereocenters. The lowest BCUT2D eigenvalue weighted by atomic mass is 9.86. The molecular formula is C12H28N2. The molecule has 0 radical (unpaired) electrons. The van der Waals surface area contributed by atoms with Crippen LogP contribution in [0.25, 0.3) is 0 Å². The van der Waals surface area contributed by atoms with Crippen molar-refractivity contribution in [2.45, 2.75) is 47.1 Å². The molecule has 0 fully saturated rings. The largest absolute Gasteiger partial charge is 0.329 e. The Morgan fingerprint density at radius 3 is 1.93 bits per heavy atom. The van der Waals surface area contributed by atoms with Crippen LogP contribution in [0.3, 0.4) is 0 Å². The summed E-state index contributed by atoms with van der Waals surface area (Å²) in [6.07, 6.45) is 0. The summed E-state index contributed by atoms with van der Waals surface area (Å²) in [5.41, 5.74) is 6.07. The highest BCUT2D eigenvalue weighted by molar-refractivity contribution is 4.90. The van der Waals surface area contributed by atoms with Crippen molar-refractivity contribution in [3.05, 3.63) is 0 Å². The van der Waals surface area contributed by atoms with Crippen LogP contribution in [0, 0.1) is 11.8 Å². The van der Waals surface area contributed by atoms with E-state index in [-0.39, 0.29) is 5.54 Å². The molecule has 86 valence electrons. The minimum atomic E-state index is 0.152. The Bertz CT molecular complexity index is 154. The second kappa shape index (κ2) is 5.72. The zero-order valence-corrected chi connectivity index (χ0v) is 10.8. The molecule has 2 nitrogen and oxygen atoms in total. The van der Waals surface area contributed by atoms with Gasteiger partial charge in [-0.1, -0.05) is 34.6 Å². The Kier molecular flexibility index (Phi) is 5.68. The van der Waals surface area contributed by atoms with Crippen LogP contribution in [-0.2, 0) is 0 Å². The van der Waals surface area contributed by atoms with Crippen molar-refractivity contribution in [3.63, 3.8) is 0 Å². The maximum Gasteiger partial charge on any atom is 0.0326 e. The molecule has 1 unspecified atom stereocenters. The van der Waals surface area contributed by atoms with Crippen molar-refractivity contribution < 1.29 is 0 Å². The maximum atomic E-state index is 5.92. The second-order valence-electron chi connectivity index (χ2n) is 5.15. The van der Waals surface area contributed by atoms with Crippen LogP contribution >= 0.6 is 0 Å². The lowest BCUT2D eigenvalue weighted by molar-refractivity contribution is 0.0612. The van der Waals surface area contributed by atoms with Gasteiger partial charge in [0.05, 0.1) is 0 Å². The normalized spacial score (nSPS) is 16.7. The van der Waals surface area contributed by atoms with E-state index in [9.17, 15) is 0 Å². The van der Waals surface area contributed by atoms with Crippen LogP contribution in [0.1, 0.15) is 41.5 Å². The first-order chi connectivity index (χ1) is 6.38. The van der Waals surface area contributed by atoms with Crippen molar-refractivity contribution in [1.29, 1.82) is 0 Å². The zero-order chi connectivity index (χ0) is 11.4. The van der Waals surface area contributed by atoms with Crippen molar-refractivity contribution in [3.8, 4) is 0 Å². The molecule has 0 aliphatic rings. The Hall–Kier alpha value is -0.0800. The number of hydrogen-bond donors (Lipinski definition) is 1. The quantitative estimate of drug-likeness (QED) is 0.713. The zero-order valence-electron chi connectivity index (χ0n) is 10.8. The molecule has 0 heterocycles. The average molecular weight is 200 g/mol. The van der Waals surface area contributed by atoms with Crippen molar-refractivity contribution >= 4 is 0 Å². The summed E-state index contributed by atoms with van der Waals surface area (Å²) in [4.78, 5) is 2.52. The molecule has 0 spiro atoms. The van der Waals surface area contributed by atoms with E-state index in [0.29, 0.717) is 11.8 Å². The summed E-state index contributed by atoms with van der Waals surface area (Å²) >= 11 is 0. The van der Waals surface area contributed by atoms with Crippen LogP contribution in [-0.4, -0.2) is 30.1 Å². The summed E-state index contributed by atoms with van der Waals surface area (Å²) in [5.74, 6) is 1.31. The van der Waals surface area contributed by atoms with E-state index in [1.54, 1.807) is 0 Å². The third-order valence-corrected chi connectivity index (χ3v) is 3.35. The van der Waals surface area contributed by atoms with Crippen LogP contribution in [0.15, 0.2) is 0 Å².